The van der Waals surface area contributed by atoms with Crippen molar-refractivity contribution in [2.75, 3.05) is 20.7 Å². The van der Waals surface area contributed by atoms with Crippen LogP contribution in [0.4, 0.5) is 0 Å². The summed E-state index contributed by atoms with van der Waals surface area (Å²) in [5.41, 5.74) is 4.39. The van der Waals surface area contributed by atoms with Crippen LogP contribution in [-0.2, 0) is 17.6 Å². The number of amides is 1. The van der Waals surface area contributed by atoms with Gasteiger partial charge in [-0.1, -0.05) is 6.07 Å². The van der Waals surface area contributed by atoms with E-state index in [-0.39, 0.29) is 5.91 Å². The summed E-state index contributed by atoms with van der Waals surface area (Å²) < 4.78 is 5.32. The topological polar surface area (TPSA) is 42.4 Å². The lowest BCUT2D eigenvalue weighted by molar-refractivity contribution is -0.129. The summed E-state index contributed by atoms with van der Waals surface area (Å²) in [5.74, 6) is 0.997. The molecule has 2 aromatic rings. The normalized spacial score (nSPS) is 10.4. The summed E-state index contributed by atoms with van der Waals surface area (Å²) in [6.45, 7) is 4.72. The van der Waals surface area contributed by atoms with Crippen LogP contribution in [-0.4, -0.2) is 36.5 Å². The fraction of sp³-hybridized carbons (Fsp3) is 0.368. The Kier molecular flexibility index (Phi) is 5.74. The summed E-state index contributed by atoms with van der Waals surface area (Å²) in [6.07, 6.45) is 4.82. The minimum absolute atomic E-state index is 0.131. The monoisotopic (exact) mass is 312 g/mol. The molecule has 0 saturated carbocycles. The molecule has 0 aliphatic carbocycles. The minimum Gasteiger partial charge on any atom is -0.496 e. The number of methoxy groups -OCH3 is 1. The average molecular weight is 312 g/mol. The fourth-order valence-corrected chi connectivity index (χ4v) is 2.53. The van der Waals surface area contributed by atoms with Gasteiger partial charge in [0.1, 0.15) is 5.75 Å². The molecule has 0 spiro atoms. The Balaban J connectivity index is 1.97. The zero-order valence-corrected chi connectivity index (χ0v) is 14.3. The number of rotatable bonds is 6. The van der Waals surface area contributed by atoms with Gasteiger partial charge in [0.05, 0.1) is 13.5 Å². The lowest BCUT2D eigenvalue weighted by Gasteiger charge is -2.18. The van der Waals surface area contributed by atoms with Crippen molar-refractivity contribution in [2.45, 2.75) is 26.7 Å². The predicted octanol–water partition coefficient (Wildman–Crippen LogP) is 2.95. The van der Waals surface area contributed by atoms with Gasteiger partial charge in [0.15, 0.2) is 0 Å². The number of hydrogen-bond acceptors (Lipinski definition) is 3. The third-order valence-electron chi connectivity index (χ3n) is 4.11. The highest BCUT2D eigenvalue weighted by molar-refractivity contribution is 5.79. The van der Waals surface area contributed by atoms with Crippen molar-refractivity contribution in [1.29, 1.82) is 0 Å². The quantitative estimate of drug-likeness (QED) is 0.823. The van der Waals surface area contributed by atoms with Crippen LogP contribution in [0.25, 0.3) is 0 Å². The number of ether oxygens (including phenoxy) is 1. The van der Waals surface area contributed by atoms with Gasteiger partial charge in [-0.25, -0.2) is 0 Å². The Morgan fingerprint density at radius 1 is 1.17 bits per heavy atom. The van der Waals surface area contributed by atoms with Gasteiger partial charge in [-0.3, -0.25) is 9.78 Å². The van der Waals surface area contributed by atoms with Crippen LogP contribution in [0.1, 0.15) is 22.3 Å². The molecule has 0 atom stereocenters. The Morgan fingerprint density at radius 2 is 1.87 bits per heavy atom. The third kappa shape index (κ3) is 4.55. The summed E-state index contributed by atoms with van der Waals surface area (Å²) >= 11 is 0. The van der Waals surface area contributed by atoms with E-state index in [1.165, 1.54) is 5.56 Å². The highest BCUT2D eigenvalue weighted by atomic mass is 16.5. The number of carbonyl (C=O) groups is 1. The van der Waals surface area contributed by atoms with E-state index in [1.54, 1.807) is 24.4 Å². The molecule has 0 saturated heterocycles. The Hall–Kier alpha value is -2.36. The third-order valence-corrected chi connectivity index (χ3v) is 4.11. The zero-order chi connectivity index (χ0) is 16.8. The molecule has 0 aliphatic heterocycles. The molecule has 1 aromatic heterocycles. The number of pyridine rings is 1. The van der Waals surface area contributed by atoms with Gasteiger partial charge in [0.2, 0.25) is 5.91 Å². The largest absolute Gasteiger partial charge is 0.496 e. The van der Waals surface area contributed by atoms with Gasteiger partial charge in [-0.05, 0) is 60.7 Å². The van der Waals surface area contributed by atoms with Gasteiger partial charge in [-0.15, -0.1) is 0 Å². The van der Waals surface area contributed by atoms with E-state index in [9.17, 15) is 4.79 Å². The van der Waals surface area contributed by atoms with E-state index in [2.05, 4.69) is 4.98 Å². The number of aryl methyl sites for hydroxylation is 2. The van der Waals surface area contributed by atoms with Crippen LogP contribution < -0.4 is 4.74 Å². The second-order valence-electron chi connectivity index (χ2n) is 5.85. The fourth-order valence-electron chi connectivity index (χ4n) is 2.53. The van der Waals surface area contributed by atoms with Crippen LogP contribution >= 0.6 is 0 Å². The number of hydrogen-bond donors (Lipinski definition) is 0. The van der Waals surface area contributed by atoms with Crippen LogP contribution in [0.15, 0.2) is 36.7 Å². The maximum absolute atomic E-state index is 12.4. The first-order valence-electron chi connectivity index (χ1n) is 7.78. The van der Waals surface area contributed by atoms with Crippen molar-refractivity contribution in [3.8, 4) is 5.75 Å². The number of carbonyl (C=O) groups excluding carboxylic acids is 1. The van der Waals surface area contributed by atoms with Crippen LogP contribution in [0, 0.1) is 13.8 Å². The molecule has 1 amide bonds. The molecule has 4 heteroatoms. The molecule has 122 valence electrons. The molecule has 1 heterocycles. The first-order chi connectivity index (χ1) is 11.0. The molecule has 0 N–H and O–H groups in total. The summed E-state index contributed by atoms with van der Waals surface area (Å²) in [4.78, 5) is 18.2. The Bertz CT molecular complexity index is 669. The maximum atomic E-state index is 12.4. The van der Waals surface area contributed by atoms with Crippen molar-refractivity contribution in [1.82, 2.24) is 9.88 Å². The number of nitrogens with zero attached hydrogens (tertiary/aromatic N) is 2. The zero-order valence-electron chi connectivity index (χ0n) is 14.3. The first-order valence-corrected chi connectivity index (χ1v) is 7.78. The second-order valence-corrected chi connectivity index (χ2v) is 5.85. The number of likely N-dealkylation sites (N-methyl/N-ethyl adjacent to an activating group) is 1. The molecule has 1 aromatic carbocycles. The summed E-state index contributed by atoms with van der Waals surface area (Å²) in [7, 11) is 3.52. The summed E-state index contributed by atoms with van der Waals surface area (Å²) in [5, 5.41) is 0. The molecular weight excluding hydrogens is 288 g/mol. The van der Waals surface area contributed by atoms with Gasteiger partial charge >= 0.3 is 0 Å². The summed E-state index contributed by atoms with van der Waals surface area (Å²) in [6, 6.07) is 8.00. The van der Waals surface area contributed by atoms with Gasteiger partial charge in [0.25, 0.3) is 0 Å². The molecule has 0 aliphatic rings. The van der Waals surface area contributed by atoms with Crippen molar-refractivity contribution < 1.29 is 9.53 Å². The second kappa shape index (κ2) is 7.77. The molecule has 0 fully saturated rings. The van der Waals surface area contributed by atoms with E-state index < -0.39 is 0 Å². The van der Waals surface area contributed by atoms with E-state index in [1.807, 2.05) is 45.2 Å². The highest BCUT2D eigenvalue weighted by Crippen LogP contribution is 2.23. The van der Waals surface area contributed by atoms with E-state index in [0.29, 0.717) is 13.0 Å². The SMILES string of the molecule is COc1cc(C)c(CC(=O)N(C)CCc2ccncc2)cc1C. The molecule has 0 unspecified atom stereocenters. The molecule has 4 nitrogen and oxygen atoms in total. The molecule has 0 bridgehead atoms. The van der Waals surface area contributed by atoms with E-state index in [0.717, 1.165) is 28.9 Å². The molecule has 0 radical (unpaired) electrons. The highest BCUT2D eigenvalue weighted by Gasteiger charge is 2.13. The smallest absolute Gasteiger partial charge is 0.226 e. The lowest BCUT2D eigenvalue weighted by Crippen LogP contribution is -2.30. The predicted molar refractivity (Wildman–Crippen MR) is 91.8 cm³/mol. The first kappa shape index (κ1) is 17.0. The van der Waals surface area contributed by atoms with Crippen molar-refractivity contribution in [3.63, 3.8) is 0 Å². The average Bonchev–Trinajstić information content (AvgIpc) is 2.56. The standard InChI is InChI=1S/C19H24N2O2/c1-14-12-18(23-4)15(2)11-17(14)13-19(22)21(3)10-7-16-5-8-20-9-6-16/h5-6,8-9,11-12H,7,10,13H2,1-4H3. The van der Waals surface area contributed by atoms with Gasteiger partial charge < -0.3 is 9.64 Å². The van der Waals surface area contributed by atoms with Crippen LogP contribution in [0.5, 0.6) is 5.75 Å². The molecule has 23 heavy (non-hydrogen) atoms. The number of aromatic nitrogens is 1. The van der Waals surface area contributed by atoms with Crippen molar-refractivity contribution in [2.24, 2.45) is 0 Å². The Morgan fingerprint density at radius 3 is 2.52 bits per heavy atom. The van der Waals surface area contributed by atoms with Crippen molar-refractivity contribution in [3.05, 3.63) is 58.9 Å². The van der Waals surface area contributed by atoms with E-state index >= 15 is 0 Å². The van der Waals surface area contributed by atoms with Gasteiger partial charge in [-0.2, -0.15) is 0 Å². The van der Waals surface area contributed by atoms with Crippen LogP contribution in [0.3, 0.4) is 0 Å². The maximum Gasteiger partial charge on any atom is 0.226 e. The van der Waals surface area contributed by atoms with Crippen LogP contribution in [0.2, 0.25) is 0 Å². The molecule has 2 rings (SSSR count). The van der Waals surface area contributed by atoms with Gasteiger partial charge in [0, 0.05) is 26.0 Å². The van der Waals surface area contributed by atoms with Crippen molar-refractivity contribution >= 4 is 5.91 Å². The van der Waals surface area contributed by atoms with E-state index in [4.69, 9.17) is 4.74 Å². The Labute approximate surface area is 138 Å². The minimum atomic E-state index is 0.131. The number of benzene rings is 1. The molecular formula is C19H24N2O2. The lowest BCUT2D eigenvalue weighted by atomic mass is 10.0.